The molecule has 27 heavy (non-hydrogen) atoms. The average molecular weight is 401 g/mol. The Hall–Kier alpha value is -2.37. The SMILES string of the molecule is Cc1ccc(-c2csc(NC(=O)C(C)Oc3ccc(Cl)cc3C)n2)cc1C. The van der Waals surface area contributed by atoms with Gasteiger partial charge in [0.2, 0.25) is 0 Å². The highest BCUT2D eigenvalue weighted by Crippen LogP contribution is 2.27. The number of nitrogens with zero attached hydrogens (tertiary/aromatic N) is 1. The highest BCUT2D eigenvalue weighted by atomic mass is 35.5. The molecular formula is C21H21ClN2O2S. The number of nitrogens with one attached hydrogen (secondary N) is 1. The van der Waals surface area contributed by atoms with Crippen molar-refractivity contribution in [3.8, 4) is 17.0 Å². The molecule has 0 saturated carbocycles. The highest BCUT2D eigenvalue weighted by molar-refractivity contribution is 7.14. The lowest BCUT2D eigenvalue weighted by Gasteiger charge is -2.15. The Kier molecular flexibility index (Phi) is 5.82. The zero-order valence-corrected chi connectivity index (χ0v) is 17.2. The zero-order chi connectivity index (χ0) is 19.6. The summed E-state index contributed by atoms with van der Waals surface area (Å²) in [6.45, 7) is 7.75. The molecule has 140 valence electrons. The third kappa shape index (κ3) is 4.67. The Balaban J connectivity index is 1.67. The van der Waals surface area contributed by atoms with Crippen molar-refractivity contribution in [1.82, 2.24) is 4.98 Å². The smallest absolute Gasteiger partial charge is 0.266 e. The summed E-state index contributed by atoms with van der Waals surface area (Å²) in [6, 6.07) is 11.5. The minimum Gasteiger partial charge on any atom is -0.481 e. The molecular weight excluding hydrogens is 380 g/mol. The van der Waals surface area contributed by atoms with Crippen LogP contribution in [0.2, 0.25) is 5.02 Å². The number of rotatable bonds is 5. The van der Waals surface area contributed by atoms with Gasteiger partial charge in [0, 0.05) is 16.0 Å². The average Bonchev–Trinajstić information content (AvgIpc) is 3.08. The summed E-state index contributed by atoms with van der Waals surface area (Å²) < 4.78 is 5.76. The maximum atomic E-state index is 12.4. The van der Waals surface area contributed by atoms with E-state index in [4.69, 9.17) is 16.3 Å². The predicted octanol–water partition coefficient (Wildman–Crippen LogP) is 5.79. The number of hydrogen-bond acceptors (Lipinski definition) is 4. The number of hydrogen-bond donors (Lipinski definition) is 1. The van der Waals surface area contributed by atoms with Crippen molar-refractivity contribution in [3.05, 3.63) is 63.5 Å². The van der Waals surface area contributed by atoms with E-state index in [-0.39, 0.29) is 5.91 Å². The minimum atomic E-state index is -0.654. The molecule has 3 aromatic rings. The summed E-state index contributed by atoms with van der Waals surface area (Å²) in [5.74, 6) is 0.391. The van der Waals surface area contributed by atoms with E-state index >= 15 is 0 Å². The number of benzene rings is 2. The van der Waals surface area contributed by atoms with Crippen LogP contribution in [0.25, 0.3) is 11.3 Å². The van der Waals surface area contributed by atoms with Crippen molar-refractivity contribution < 1.29 is 9.53 Å². The lowest BCUT2D eigenvalue weighted by Crippen LogP contribution is -2.30. The van der Waals surface area contributed by atoms with E-state index in [0.717, 1.165) is 16.8 Å². The van der Waals surface area contributed by atoms with Gasteiger partial charge in [0.05, 0.1) is 5.69 Å². The minimum absolute atomic E-state index is 0.245. The van der Waals surface area contributed by atoms with Crippen molar-refractivity contribution in [2.45, 2.75) is 33.8 Å². The molecule has 1 atom stereocenters. The number of aromatic nitrogens is 1. The van der Waals surface area contributed by atoms with Crippen LogP contribution >= 0.6 is 22.9 Å². The Bertz CT molecular complexity index is 984. The third-order valence-electron chi connectivity index (χ3n) is 4.35. The van der Waals surface area contributed by atoms with Crippen LogP contribution in [0.5, 0.6) is 5.75 Å². The molecule has 0 bridgehead atoms. The summed E-state index contributed by atoms with van der Waals surface area (Å²) in [5, 5.41) is 5.96. The van der Waals surface area contributed by atoms with Crippen LogP contribution in [0.15, 0.2) is 41.8 Å². The number of aryl methyl sites for hydroxylation is 3. The summed E-state index contributed by atoms with van der Waals surface area (Å²) in [5.41, 5.74) is 5.22. The number of ether oxygens (including phenoxy) is 1. The standard InChI is InChI=1S/C21H21ClN2O2S/c1-12-5-6-16(9-13(12)2)18-11-27-21(23-18)24-20(25)15(4)26-19-8-7-17(22)10-14(19)3/h5-11,15H,1-4H3,(H,23,24,25). The van der Waals surface area contributed by atoms with Crippen LogP contribution in [0.3, 0.4) is 0 Å². The van der Waals surface area contributed by atoms with Crippen LogP contribution in [0, 0.1) is 20.8 Å². The normalized spacial score (nSPS) is 11.9. The molecule has 2 aromatic carbocycles. The number of amides is 1. The van der Waals surface area contributed by atoms with Crippen LogP contribution < -0.4 is 10.1 Å². The number of anilines is 1. The topological polar surface area (TPSA) is 51.2 Å². The third-order valence-corrected chi connectivity index (χ3v) is 5.34. The number of thiazole rings is 1. The highest BCUT2D eigenvalue weighted by Gasteiger charge is 2.17. The number of halogens is 1. The molecule has 0 radical (unpaired) electrons. The molecule has 3 rings (SSSR count). The van der Waals surface area contributed by atoms with Gasteiger partial charge in [-0.3, -0.25) is 10.1 Å². The van der Waals surface area contributed by atoms with E-state index < -0.39 is 6.10 Å². The Morgan fingerprint density at radius 3 is 2.59 bits per heavy atom. The second-order valence-corrected chi connectivity index (χ2v) is 7.79. The first kappa shape index (κ1) is 19.4. The van der Waals surface area contributed by atoms with E-state index in [1.807, 2.05) is 18.4 Å². The van der Waals surface area contributed by atoms with Crippen molar-refractivity contribution in [3.63, 3.8) is 0 Å². The van der Waals surface area contributed by atoms with Crippen LogP contribution in [-0.4, -0.2) is 17.0 Å². The quantitative estimate of drug-likeness (QED) is 0.589. The first-order chi connectivity index (χ1) is 12.8. The molecule has 0 aliphatic heterocycles. The molecule has 1 amide bonds. The van der Waals surface area contributed by atoms with Gasteiger partial charge in [0.1, 0.15) is 5.75 Å². The van der Waals surface area contributed by atoms with Gasteiger partial charge in [0.15, 0.2) is 11.2 Å². The van der Waals surface area contributed by atoms with E-state index in [9.17, 15) is 4.79 Å². The summed E-state index contributed by atoms with van der Waals surface area (Å²) in [7, 11) is 0. The Morgan fingerprint density at radius 1 is 1.11 bits per heavy atom. The van der Waals surface area contributed by atoms with Crippen molar-refractivity contribution >= 4 is 34.0 Å². The van der Waals surface area contributed by atoms with E-state index in [0.29, 0.717) is 15.9 Å². The zero-order valence-electron chi connectivity index (χ0n) is 15.7. The van der Waals surface area contributed by atoms with Crippen LogP contribution in [-0.2, 0) is 4.79 Å². The van der Waals surface area contributed by atoms with E-state index in [1.54, 1.807) is 25.1 Å². The van der Waals surface area contributed by atoms with Crippen LogP contribution in [0.1, 0.15) is 23.6 Å². The summed E-state index contributed by atoms with van der Waals surface area (Å²) in [4.78, 5) is 17.0. The fourth-order valence-corrected chi connectivity index (χ4v) is 3.51. The largest absolute Gasteiger partial charge is 0.481 e. The second-order valence-electron chi connectivity index (χ2n) is 6.50. The molecule has 4 nitrogen and oxygen atoms in total. The number of carbonyl (C=O) groups is 1. The molecule has 0 aliphatic rings. The van der Waals surface area contributed by atoms with Gasteiger partial charge in [-0.15, -0.1) is 11.3 Å². The predicted molar refractivity (Wildman–Crippen MR) is 112 cm³/mol. The molecule has 6 heteroatoms. The van der Waals surface area contributed by atoms with Crippen molar-refractivity contribution in [2.75, 3.05) is 5.32 Å². The molecule has 1 aromatic heterocycles. The lowest BCUT2D eigenvalue weighted by atomic mass is 10.1. The molecule has 1 unspecified atom stereocenters. The fourth-order valence-electron chi connectivity index (χ4n) is 2.56. The Morgan fingerprint density at radius 2 is 1.89 bits per heavy atom. The van der Waals surface area contributed by atoms with Crippen LogP contribution in [0.4, 0.5) is 5.13 Å². The van der Waals surface area contributed by atoms with E-state index in [2.05, 4.69) is 36.3 Å². The van der Waals surface area contributed by atoms with Gasteiger partial charge in [-0.1, -0.05) is 23.7 Å². The fraction of sp³-hybridized carbons (Fsp3) is 0.238. The maximum Gasteiger partial charge on any atom is 0.266 e. The molecule has 1 N–H and O–H groups in total. The lowest BCUT2D eigenvalue weighted by molar-refractivity contribution is -0.122. The Labute approximate surface area is 168 Å². The van der Waals surface area contributed by atoms with Crippen molar-refractivity contribution in [2.24, 2.45) is 0 Å². The monoisotopic (exact) mass is 400 g/mol. The van der Waals surface area contributed by atoms with Gasteiger partial charge in [-0.05, 0) is 68.7 Å². The first-order valence-electron chi connectivity index (χ1n) is 8.60. The molecule has 0 fully saturated rings. The van der Waals surface area contributed by atoms with Gasteiger partial charge in [-0.25, -0.2) is 4.98 Å². The second kappa shape index (κ2) is 8.11. The van der Waals surface area contributed by atoms with Gasteiger partial charge >= 0.3 is 0 Å². The summed E-state index contributed by atoms with van der Waals surface area (Å²) in [6.07, 6.45) is -0.654. The first-order valence-corrected chi connectivity index (χ1v) is 9.86. The van der Waals surface area contributed by atoms with Gasteiger partial charge in [0.25, 0.3) is 5.91 Å². The molecule has 1 heterocycles. The molecule has 0 saturated heterocycles. The molecule has 0 aliphatic carbocycles. The van der Waals surface area contributed by atoms with Gasteiger partial charge < -0.3 is 4.74 Å². The van der Waals surface area contributed by atoms with E-state index in [1.165, 1.54) is 22.5 Å². The van der Waals surface area contributed by atoms with Gasteiger partial charge in [-0.2, -0.15) is 0 Å². The molecule has 0 spiro atoms. The summed E-state index contributed by atoms with van der Waals surface area (Å²) >= 11 is 7.35. The van der Waals surface area contributed by atoms with Crippen molar-refractivity contribution in [1.29, 1.82) is 0 Å². The maximum absolute atomic E-state index is 12.4. The number of carbonyl (C=O) groups excluding carboxylic acids is 1.